The molecule has 0 rings (SSSR count). The lowest BCUT2D eigenvalue weighted by Crippen LogP contribution is -2.42. The molecule has 0 atom stereocenters. The van der Waals surface area contributed by atoms with Crippen molar-refractivity contribution in [3.05, 3.63) is 10.4 Å². The van der Waals surface area contributed by atoms with E-state index in [0.717, 1.165) is 0 Å². The van der Waals surface area contributed by atoms with Gasteiger partial charge in [-0.05, 0) is 12.8 Å². The third-order valence-corrected chi connectivity index (χ3v) is 5.84. The Morgan fingerprint density at radius 2 is 0.818 bits per heavy atom. The van der Waals surface area contributed by atoms with E-state index in [2.05, 4.69) is 0 Å². The largest absolute Gasteiger partial charge is 0.548 e. The van der Waals surface area contributed by atoms with Crippen molar-refractivity contribution in [3.63, 3.8) is 0 Å². The van der Waals surface area contributed by atoms with Gasteiger partial charge in [0, 0.05) is 8.76 Å². The lowest BCUT2D eigenvalue weighted by molar-refractivity contribution is -1.12. The number of rotatable bonds is 11. The molecule has 0 saturated heterocycles. The summed E-state index contributed by atoms with van der Waals surface area (Å²) in [7, 11) is -9.22. The molecule has 134 valence electrons. The number of unbranched alkanes of at least 4 members (excludes halogenated alkanes) is 5. The normalized spacial score (nSPS) is 14.3. The first-order chi connectivity index (χ1) is 9.71. The third kappa shape index (κ3) is 7.23. The fraction of sp³-hybridized carbons (Fsp3) is 1.00. The molecule has 4 N–H and O–H groups in total. The Hall–Kier alpha value is -0.420. The van der Waals surface area contributed by atoms with Crippen LogP contribution < -0.4 is 0 Å². The van der Waals surface area contributed by atoms with Gasteiger partial charge in [0.2, 0.25) is 0 Å². The van der Waals surface area contributed by atoms with E-state index in [-0.39, 0.29) is 12.8 Å². The highest BCUT2D eigenvalue weighted by Crippen LogP contribution is 2.13. The molecule has 0 heterocycles. The maximum atomic E-state index is 11.0. The van der Waals surface area contributed by atoms with Crippen molar-refractivity contribution in [2.45, 2.75) is 38.5 Å². The summed E-state index contributed by atoms with van der Waals surface area (Å²) >= 11 is 0. The quantitative estimate of drug-likeness (QED) is 0.222. The number of quaternary nitrogens is 2. The second-order valence-corrected chi connectivity index (χ2v) is 8.77. The second-order valence-electron chi connectivity index (χ2n) is 4.67. The van der Waals surface area contributed by atoms with E-state index < -0.39 is 40.3 Å². The highest BCUT2D eigenvalue weighted by molar-refractivity contribution is 7.85. The zero-order valence-corrected chi connectivity index (χ0v) is 13.2. The lowest BCUT2D eigenvalue weighted by atomic mass is 10.1. The molecule has 0 radical (unpaired) electrons. The minimum atomic E-state index is -4.61. The summed E-state index contributed by atoms with van der Waals surface area (Å²) in [5, 5.41) is 54.4. The molecule has 0 aliphatic carbocycles. The maximum Gasteiger partial charge on any atom is 0.358 e. The fourth-order valence-electron chi connectivity index (χ4n) is 1.51. The van der Waals surface area contributed by atoms with Crippen molar-refractivity contribution in [1.82, 2.24) is 0 Å². The summed E-state index contributed by atoms with van der Waals surface area (Å²) < 4.78 is 37.3. The number of hydrogen-bond acceptors (Lipinski definition) is 10. The average molecular weight is 368 g/mol. The first-order valence-electron chi connectivity index (χ1n) is 6.27. The first-order valence-corrected chi connectivity index (χ1v) is 9.49. The Bertz CT molecular complexity index is 480. The molecule has 0 aliphatic heterocycles. The van der Waals surface area contributed by atoms with E-state index in [1.165, 1.54) is 0 Å². The Balaban J connectivity index is 3.82. The molecule has 0 aromatic heterocycles. The van der Waals surface area contributed by atoms with Gasteiger partial charge in [-0.25, -0.2) is 0 Å². The van der Waals surface area contributed by atoms with Gasteiger partial charge in [0.1, 0.15) is 11.5 Å². The Kier molecular flexibility index (Phi) is 7.76. The molecule has 0 bridgehead atoms. The van der Waals surface area contributed by atoms with Gasteiger partial charge in [0.25, 0.3) is 0 Å². The molecule has 0 amide bonds. The van der Waals surface area contributed by atoms with Crippen molar-refractivity contribution in [3.8, 4) is 0 Å². The number of sulfonamides is 2. The van der Waals surface area contributed by atoms with Crippen LogP contribution in [0.15, 0.2) is 0 Å². The van der Waals surface area contributed by atoms with Crippen molar-refractivity contribution >= 4 is 20.0 Å². The van der Waals surface area contributed by atoms with E-state index >= 15 is 0 Å². The van der Waals surface area contributed by atoms with E-state index in [1.54, 1.807) is 0 Å². The van der Waals surface area contributed by atoms with E-state index in [0.29, 0.717) is 25.7 Å². The minimum absolute atomic E-state index is 0.0256. The van der Waals surface area contributed by atoms with Crippen molar-refractivity contribution < 1.29 is 46.4 Å². The zero-order valence-electron chi connectivity index (χ0n) is 11.6. The molecule has 0 fully saturated rings. The standard InChI is InChI=1S/C8H20N2O10S2/c11-9(12,13)21(17,18)7-5-3-1-2-4-6-8-22(19,20)10(14,15)16/h11-12,14-15H,1-8H2. The molecule has 14 heteroatoms. The van der Waals surface area contributed by atoms with Crippen LogP contribution in [0, 0.1) is 10.4 Å². The SMILES string of the molecule is O=S(=O)(CCCCCCCCS(=O)(=O)[N+]([O-])(O)O)[N+]([O-])(O)O. The van der Waals surface area contributed by atoms with Crippen molar-refractivity contribution in [1.29, 1.82) is 0 Å². The van der Waals surface area contributed by atoms with Crippen LogP contribution in [0.5, 0.6) is 0 Å². The maximum absolute atomic E-state index is 11.0. The van der Waals surface area contributed by atoms with Gasteiger partial charge >= 0.3 is 20.0 Å². The van der Waals surface area contributed by atoms with Gasteiger partial charge < -0.3 is 10.4 Å². The molecular weight excluding hydrogens is 348 g/mol. The Labute approximate surface area is 127 Å². The highest BCUT2D eigenvalue weighted by Gasteiger charge is 2.31. The third-order valence-electron chi connectivity index (χ3n) is 2.78. The summed E-state index contributed by atoms with van der Waals surface area (Å²) in [5.74, 6) is -1.41. The Morgan fingerprint density at radius 1 is 0.591 bits per heavy atom. The van der Waals surface area contributed by atoms with E-state index in [1.807, 2.05) is 0 Å². The van der Waals surface area contributed by atoms with Crippen LogP contribution in [0.1, 0.15) is 38.5 Å². The van der Waals surface area contributed by atoms with Crippen LogP contribution in [-0.4, -0.2) is 57.9 Å². The molecule has 0 saturated carbocycles. The van der Waals surface area contributed by atoms with Gasteiger partial charge in [0.05, 0.1) is 0 Å². The van der Waals surface area contributed by atoms with Crippen LogP contribution >= 0.6 is 0 Å². The molecule has 0 spiro atoms. The van der Waals surface area contributed by atoms with Crippen LogP contribution in [0.2, 0.25) is 0 Å². The summed E-state index contributed by atoms with van der Waals surface area (Å²) in [5.41, 5.74) is 0. The summed E-state index contributed by atoms with van der Waals surface area (Å²) in [4.78, 5) is 0. The van der Waals surface area contributed by atoms with Crippen LogP contribution in [-0.2, 0) is 20.0 Å². The molecule has 0 aromatic carbocycles. The van der Waals surface area contributed by atoms with Crippen LogP contribution in [0.25, 0.3) is 0 Å². The van der Waals surface area contributed by atoms with Crippen LogP contribution in [0.3, 0.4) is 0 Å². The van der Waals surface area contributed by atoms with Gasteiger partial charge in [-0.2, -0.15) is 37.7 Å². The monoisotopic (exact) mass is 368 g/mol. The van der Waals surface area contributed by atoms with Gasteiger partial charge in [-0.3, -0.25) is 0 Å². The summed E-state index contributed by atoms with van der Waals surface area (Å²) in [6, 6.07) is 0. The molecule has 0 aromatic rings. The highest BCUT2D eigenvalue weighted by atomic mass is 32.2. The minimum Gasteiger partial charge on any atom is -0.548 e. The van der Waals surface area contributed by atoms with Gasteiger partial charge in [-0.1, -0.05) is 25.7 Å². The number of hydrogen-bond donors (Lipinski definition) is 4. The van der Waals surface area contributed by atoms with E-state index in [9.17, 15) is 27.3 Å². The van der Waals surface area contributed by atoms with Gasteiger partial charge in [-0.15, -0.1) is 0 Å². The van der Waals surface area contributed by atoms with Crippen LogP contribution in [0.4, 0.5) is 0 Å². The molecule has 0 aliphatic rings. The predicted octanol–water partition coefficient (Wildman–Crippen LogP) is 0.173. The summed E-state index contributed by atoms with van der Waals surface area (Å²) in [6.45, 7) is 0. The topological polar surface area (TPSA) is 195 Å². The van der Waals surface area contributed by atoms with E-state index in [4.69, 9.17) is 20.8 Å². The van der Waals surface area contributed by atoms with Crippen molar-refractivity contribution in [2.24, 2.45) is 0 Å². The van der Waals surface area contributed by atoms with Gasteiger partial charge in [0.15, 0.2) is 0 Å². The molecule has 22 heavy (non-hydrogen) atoms. The Morgan fingerprint density at radius 3 is 1.05 bits per heavy atom. The smallest absolute Gasteiger partial charge is 0.358 e. The number of nitrogens with zero attached hydrogens (tertiary/aromatic N) is 2. The molecule has 12 nitrogen and oxygen atoms in total. The first kappa shape index (κ1) is 21.6. The lowest BCUT2D eigenvalue weighted by Gasteiger charge is -2.22. The predicted molar refractivity (Wildman–Crippen MR) is 69.7 cm³/mol. The average Bonchev–Trinajstić information content (AvgIpc) is 2.29. The molecular formula is C8H20N2O10S2. The fourth-order valence-corrected chi connectivity index (χ4v) is 3.13. The molecule has 0 unspecified atom stereocenters. The summed E-state index contributed by atoms with van der Waals surface area (Å²) in [6.07, 6.45) is 1.73. The second kappa shape index (κ2) is 7.91. The van der Waals surface area contributed by atoms with Crippen molar-refractivity contribution in [2.75, 3.05) is 11.5 Å². The zero-order chi connectivity index (χ0) is 17.7.